The van der Waals surface area contributed by atoms with E-state index in [-0.39, 0.29) is 0 Å². The smallest absolute Gasteiger partial charge is 0.146 e. The maximum Gasteiger partial charge on any atom is 0.146 e. The maximum absolute atomic E-state index is 5.75. The molecule has 23 heavy (non-hydrogen) atoms. The van der Waals surface area contributed by atoms with Crippen LogP contribution in [0.1, 0.15) is 37.7 Å². The fraction of sp³-hybridized carbons (Fsp3) is 0.600. The summed E-state index contributed by atoms with van der Waals surface area (Å²) in [7, 11) is 3.41. The predicted molar refractivity (Wildman–Crippen MR) is 91.6 cm³/mol. The van der Waals surface area contributed by atoms with E-state index < -0.39 is 0 Å². The molecular formula is C20H28O3. The van der Waals surface area contributed by atoms with Crippen LogP contribution in [0.4, 0.5) is 0 Å². The lowest BCUT2D eigenvalue weighted by molar-refractivity contribution is -0.0927. The van der Waals surface area contributed by atoms with Gasteiger partial charge < -0.3 is 14.2 Å². The summed E-state index contributed by atoms with van der Waals surface area (Å²) in [5, 5.41) is 0. The Kier molecular flexibility index (Phi) is 5.39. The van der Waals surface area contributed by atoms with Crippen LogP contribution in [0.25, 0.3) is 0 Å². The van der Waals surface area contributed by atoms with E-state index in [0.717, 1.165) is 30.9 Å². The molecule has 2 aliphatic rings. The number of rotatable bonds is 6. The van der Waals surface area contributed by atoms with Crippen molar-refractivity contribution in [2.24, 2.45) is 11.3 Å². The van der Waals surface area contributed by atoms with Crippen LogP contribution in [0.2, 0.25) is 0 Å². The molecule has 0 heterocycles. The molecule has 0 N–H and O–H groups in total. The van der Waals surface area contributed by atoms with Crippen LogP contribution in [0.5, 0.6) is 5.75 Å². The molecule has 0 bridgehead atoms. The van der Waals surface area contributed by atoms with E-state index >= 15 is 0 Å². The zero-order chi connectivity index (χ0) is 16.1. The molecule has 1 aromatic rings. The van der Waals surface area contributed by atoms with Gasteiger partial charge in [-0.15, -0.1) is 0 Å². The normalized spacial score (nSPS) is 30.0. The van der Waals surface area contributed by atoms with Crippen LogP contribution >= 0.6 is 0 Å². The molecule has 0 saturated heterocycles. The van der Waals surface area contributed by atoms with Crippen LogP contribution in [-0.2, 0) is 15.9 Å². The molecule has 1 spiro atoms. The topological polar surface area (TPSA) is 27.7 Å². The third-order valence-electron chi connectivity index (χ3n) is 5.61. The summed E-state index contributed by atoms with van der Waals surface area (Å²) in [6, 6.07) is 8.55. The van der Waals surface area contributed by atoms with Gasteiger partial charge in [-0.2, -0.15) is 0 Å². The Hall–Kier alpha value is -1.32. The Labute approximate surface area is 139 Å². The predicted octanol–water partition coefficient (Wildman–Crippen LogP) is 4.36. The highest BCUT2D eigenvalue weighted by Crippen LogP contribution is 2.50. The van der Waals surface area contributed by atoms with Gasteiger partial charge in [-0.25, -0.2) is 0 Å². The van der Waals surface area contributed by atoms with E-state index in [0.29, 0.717) is 18.3 Å². The highest BCUT2D eigenvalue weighted by molar-refractivity contribution is 5.28. The molecule has 0 amide bonds. The van der Waals surface area contributed by atoms with Gasteiger partial charge >= 0.3 is 0 Å². The van der Waals surface area contributed by atoms with Gasteiger partial charge in [0.2, 0.25) is 0 Å². The lowest BCUT2D eigenvalue weighted by atomic mass is 9.65. The van der Waals surface area contributed by atoms with E-state index in [9.17, 15) is 0 Å². The standard InChI is InChI=1S/C20H28O3/c1-21-15-23-19-9-12-20(13-10-19)11-3-4-17(20)14-16-5-7-18(22-2)8-6-16/h3,5-8,11,17,19H,4,9-10,12-15H2,1-2H3/t17-,19?,20?/m0/s1. The molecule has 0 aliphatic heterocycles. The zero-order valence-corrected chi connectivity index (χ0v) is 14.3. The van der Waals surface area contributed by atoms with Crippen LogP contribution in [0, 0.1) is 11.3 Å². The van der Waals surface area contributed by atoms with Gasteiger partial charge in [0, 0.05) is 7.11 Å². The second-order valence-corrected chi connectivity index (χ2v) is 6.89. The molecule has 0 radical (unpaired) electrons. The molecule has 1 saturated carbocycles. The van der Waals surface area contributed by atoms with Crippen molar-refractivity contribution >= 4 is 0 Å². The summed E-state index contributed by atoms with van der Waals surface area (Å²) in [5.74, 6) is 1.66. The monoisotopic (exact) mass is 316 g/mol. The Morgan fingerprint density at radius 3 is 2.48 bits per heavy atom. The van der Waals surface area contributed by atoms with Crippen molar-refractivity contribution in [3.63, 3.8) is 0 Å². The minimum absolute atomic E-state index is 0.371. The number of ether oxygens (including phenoxy) is 3. The Morgan fingerprint density at radius 1 is 1.09 bits per heavy atom. The zero-order valence-electron chi connectivity index (χ0n) is 14.3. The Balaban J connectivity index is 1.60. The Morgan fingerprint density at radius 2 is 1.83 bits per heavy atom. The third kappa shape index (κ3) is 3.78. The lowest BCUT2D eigenvalue weighted by Gasteiger charge is -2.41. The second kappa shape index (κ2) is 7.50. The molecule has 3 heteroatoms. The van der Waals surface area contributed by atoms with Crippen molar-refractivity contribution in [2.75, 3.05) is 21.0 Å². The van der Waals surface area contributed by atoms with E-state index in [1.54, 1.807) is 14.2 Å². The maximum atomic E-state index is 5.75. The SMILES string of the molecule is COCOC1CCC2(C=CC[C@H]2Cc2ccc(OC)cc2)CC1. The number of hydrogen-bond acceptors (Lipinski definition) is 3. The van der Waals surface area contributed by atoms with Crippen LogP contribution in [0.3, 0.4) is 0 Å². The summed E-state index contributed by atoms with van der Waals surface area (Å²) in [6.07, 6.45) is 12.4. The van der Waals surface area contributed by atoms with E-state index in [4.69, 9.17) is 14.2 Å². The molecule has 1 atom stereocenters. The molecule has 0 aromatic heterocycles. The molecule has 3 nitrogen and oxygen atoms in total. The van der Waals surface area contributed by atoms with Gasteiger partial charge in [0.05, 0.1) is 13.2 Å². The fourth-order valence-corrected chi connectivity index (χ4v) is 4.21. The van der Waals surface area contributed by atoms with Crippen molar-refractivity contribution in [3.05, 3.63) is 42.0 Å². The first-order valence-electron chi connectivity index (χ1n) is 8.67. The van der Waals surface area contributed by atoms with Crippen LogP contribution in [0.15, 0.2) is 36.4 Å². The fourth-order valence-electron chi connectivity index (χ4n) is 4.21. The highest BCUT2D eigenvalue weighted by atomic mass is 16.7. The van der Waals surface area contributed by atoms with E-state index in [1.165, 1.54) is 24.8 Å². The summed E-state index contributed by atoms with van der Waals surface area (Å²) in [4.78, 5) is 0. The van der Waals surface area contributed by atoms with Crippen molar-refractivity contribution in [3.8, 4) is 5.75 Å². The summed E-state index contributed by atoms with van der Waals surface area (Å²) >= 11 is 0. The number of allylic oxidation sites excluding steroid dienone is 2. The first-order valence-corrected chi connectivity index (χ1v) is 8.67. The first kappa shape index (κ1) is 16.5. The van der Waals surface area contributed by atoms with Crippen LogP contribution < -0.4 is 4.74 Å². The van der Waals surface area contributed by atoms with Gasteiger partial charge in [-0.1, -0.05) is 24.3 Å². The van der Waals surface area contributed by atoms with E-state index in [2.05, 4.69) is 36.4 Å². The van der Waals surface area contributed by atoms with Gasteiger partial charge in [0.15, 0.2) is 0 Å². The Bertz CT molecular complexity index is 512. The van der Waals surface area contributed by atoms with Crippen molar-refractivity contribution < 1.29 is 14.2 Å². The minimum Gasteiger partial charge on any atom is -0.497 e. The van der Waals surface area contributed by atoms with Gasteiger partial charge in [-0.3, -0.25) is 0 Å². The summed E-state index contributed by atoms with van der Waals surface area (Å²) in [6.45, 7) is 0.419. The first-order chi connectivity index (χ1) is 11.3. The third-order valence-corrected chi connectivity index (χ3v) is 5.61. The number of benzene rings is 1. The van der Waals surface area contributed by atoms with E-state index in [1.807, 2.05) is 0 Å². The molecule has 1 aromatic carbocycles. The average Bonchev–Trinajstić information content (AvgIpc) is 2.97. The largest absolute Gasteiger partial charge is 0.497 e. The molecule has 3 rings (SSSR count). The number of methoxy groups -OCH3 is 2. The lowest BCUT2D eigenvalue weighted by Crippen LogP contribution is -2.34. The molecule has 126 valence electrons. The van der Waals surface area contributed by atoms with Gasteiger partial charge in [0.1, 0.15) is 12.5 Å². The highest BCUT2D eigenvalue weighted by Gasteiger charge is 2.42. The van der Waals surface area contributed by atoms with Gasteiger partial charge in [-0.05, 0) is 67.6 Å². The molecular weight excluding hydrogens is 288 g/mol. The van der Waals surface area contributed by atoms with Gasteiger partial charge in [0.25, 0.3) is 0 Å². The summed E-state index contributed by atoms with van der Waals surface area (Å²) < 4.78 is 16.0. The molecule has 1 fully saturated rings. The van der Waals surface area contributed by atoms with Crippen molar-refractivity contribution in [2.45, 2.75) is 44.6 Å². The quantitative estimate of drug-likeness (QED) is 0.576. The van der Waals surface area contributed by atoms with Crippen LogP contribution in [-0.4, -0.2) is 27.1 Å². The molecule has 2 aliphatic carbocycles. The van der Waals surface area contributed by atoms with Crippen molar-refractivity contribution in [1.29, 1.82) is 0 Å². The second-order valence-electron chi connectivity index (χ2n) is 6.89. The van der Waals surface area contributed by atoms with Crippen molar-refractivity contribution in [1.82, 2.24) is 0 Å². The summed E-state index contributed by atoms with van der Waals surface area (Å²) in [5.41, 5.74) is 1.80. The number of hydrogen-bond donors (Lipinski definition) is 0. The average molecular weight is 316 g/mol. The molecule has 0 unspecified atom stereocenters. The minimum atomic E-state index is 0.371.